The maximum Gasteiger partial charge on any atom is 0.304 e. The highest BCUT2D eigenvalue weighted by Crippen LogP contribution is 2.22. The Morgan fingerprint density at radius 3 is 2.65 bits per heavy atom. The lowest BCUT2D eigenvalue weighted by atomic mass is 10.1. The van der Waals surface area contributed by atoms with Crippen LogP contribution in [0.15, 0.2) is 18.2 Å². The van der Waals surface area contributed by atoms with Crippen molar-refractivity contribution in [3.63, 3.8) is 0 Å². The van der Waals surface area contributed by atoms with E-state index in [4.69, 9.17) is 9.84 Å². The number of ether oxygens (including phenoxy) is 1. The highest BCUT2D eigenvalue weighted by atomic mass is 19.1. The van der Waals surface area contributed by atoms with Crippen LogP contribution in [0, 0.1) is 11.6 Å². The first-order valence-corrected chi connectivity index (χ1v) is 6.60. The second-order valence-electron chi connectivity index (χ2n) is 4.88. The number of carbonyl (C=O) groups is 1. The van der Waals surface area contributed by atoms with Crippen molar-refractivity contribution in [2.45, 2.75) is 25.4 Å². The average Bonchev–Trinajstić information content (AvgIpc) is 2.41. The number of rotatable bonds is 5. The first-order valence-electron chi connectivity index (χ1n) is 6.60. The number of hydrogen-bond acceptors (Lipinski definition) is 3. The minimum absolute atomic E-state index is 0.0652. The summed E-state index contributed by atoms with van der Waals surface area (Å²) in [5, 5.41) is 8.62. The number of carboxylic acids is 1. The zero-order valence-corrected chi connectivity index (χ0v) is 11.0. The molecule has 1 fully saturated rings. The summed E-state index contributed by atoms with van der Waals surface area (Å²) in [4.78, 5) is 12.5. The van der Waals surface area contributed by atoms with E-state index >= 15 is 0 Å². The highest BCUT2D eigenvalue weighted by Gasteiger charge is 2.21. The summed E-state index contributed by atoms with van der Waals surface area (Å²) >= 11 is 0. The molecule has 0 aromatic heterocycles. The molecule has 0 atom stereocenters. The molecule has 1 aromatic carbocycles. The first kappa shape index (κ1) is 14.7. The Balaban J connectivity index is 1.80. The van der Waals surface area contributed by atoms with Gasteiger partial charge in [0, 0.05) is 25.7 Å². The Hall–Kier alpha value is -1.69. The molecule has 110 valence electrons. The summed E-state index contributed by atoms with van der Waals surface area (Å²) in [6, 6.07) is 3.26. The Morgan fingerprint density at radius 2 is 2.05 bits per heavy atom. The molecule has 1 N–H and O–H groups in total. The number of halogens is 2. The van der Waals surface area contributed by atoms with E-state index in [-0.39, 0.29) is 18.3 Å². The van der Waals surface area contributed by atoms with Gasteiger partial charge in [0.05, 0.1) is 6.42 Å². The molecule has 6 heteroatoms. The number of benzene rings is 1. The van der Waals surface area contributed by atoms with E-state index < -0.39 is 17.6 Å². The first-order chi connectivity index (χ1) is 9.54. The van der Waals surface area contributed by atoms with Crippen molar-refractivity contribution in [3.05, 3.63) is 29.8 Å². The molecule has 20 heavy (non-hydrogen) atoms. The van der Waals surface area contributed by atoms with Crippen molar-refractivity contribution in [1.82, 2.24) is 4.90 Å². The summed E-state index contributed by atoms with van der Waals surface area (Å²) in [5.41, 5.74) is 0. The van der Waals surface area contributed by atoms with Gasteiger partial charge in [-0.3, -0.25) is 4.79 Å². The minimum Gasteiger partial charge on any atom is -0.487 e. The zero-order chi connectivity index (χ0) is 14.5. The van der Waals surface area contributed by atoms with Gasteiger partial charge in [-0.2, -0.15) is 0 Å². The second-order valence-corrected chi connectivity index (χ2v) is 4.88. The molecule has 0 amide bonds. The topological polar surface area (TPSA) is 49.8 Å². The van der Waals surface area contributed by atoms with Crippen molar-refractivity contribution in [1.29, 1.82) is 0 Å². The number of nitrogens with zero attached hydrogens (tertiary/aromatic N) is 1. The van der Waals surface area contributed by atoms with Crippen LogP contribution in [-0.2, 0) is 4.79 Å². The van der Waals surface area contributed by atoms with Gasteiger partial charge in [0.2, 0.25) is 0 Å². The second kappa shape index (κ2) is 6.65. The zero-order valence-electron chi connectivity index (χ0n) is 11.0. The Morgan fingerprint density at radius 1 is 1.35 bits per heavy atom. The predicted octanol–water partition coefficient (Wildman–Crippen LogP) is 2.28. The molecular formula is C14H17F2NO3. The quantitative estimate of drug-likeness (QED) is 0.901. The van der Waals surface area contributed by atoms with Gasteiger partial charge >= 0.3 is 5.97 Å². The van der Waals surface area contributed by atoms with Crippen LogP contribution in [0.5, 0.6) is 5.75 Å². The van der Waals surface area contributed by atoms with Crippen LogP contribution in [0.1, 0.15) is 19.3 Å². The number of likely N-dealkylation sites (tertiary alicyclic amines) is 1. The summed E-state index contributed by atoms with van der Waals surface area (Å²) in [5.74, 6) is -2.07. The van der Waals surface area contributed by atoms with Gasteiger partial charge in [0.1, 0.15) is 11.9 Å². The van der Waals surface area contributed by atoms with Gasteiger partial charge < -0.3 is 14.7 Å². The molecular weight excluding hydrogens is 268 g/mol. The fourth-order valence-electron chi connectivity index (χ4n) is 2.25. The molecule has 1 saturated heterocycles. The number of carboxylic acid groups (broad SMARTS) is 1. The summed E-state index contributed by atoms with van der Waals surface area (Å²) in [6.45, 7) is 1.97. The lowest BCUT2D eigenvalue weighted by Crippen LogP contribution is -2.39. The van der Waals surface area contributed by atoms with Crippen LogP contribution in [0.25, 0.3) is 0 Å². The molecule has 0 unspecified atom stereocenters. The maximum atomic E-state index is 13.5. The largest absolute Gasteiger partial charge is 0.487 e. The van der Waals surface area contributed by atoms with Crippen LogP contribution < -0.4 is 4.74 Å². The molecule has 0 bridgehead atoms. The van der Waals surface area contributed by atoms with E-state index in [0.29, 0.717) is 19.4 Å². The van der Waals surface area contributed by atoms with Crippen molar-refractivity contribution in [2.75, 3.05) is 19.6 Å². The van der Waals surface area contributed by atoms with Crippen LogP contribution in [-0.4, -0.2) is 41.7 Å². The molecule has 0 spiro atoms. The third-order valence-corrected chi connectivity index (χ3v) is 3.36. The van der Waals surface area contributed by atoms with E-state index in [1.807, 2.05) is 0 Å². The SMILES string of the molecule is O=C(O)CCN1CCC(Oc2ccc(F)cc2F)CC1. The molecule has 1 aliphatic rings. The molecule has 0 saturated carbocycles. The normalized spacial score (nSPS) is 17.1. The fourth-order valence-corrected chi connectivity index (χ4v) is 2.25. The van der Waals surface area contributed by atoms with Crippen LogP contribution in [0.2, 0.25) is 0 Å². The van der Waals surface area contributed by atoms with Crippen molar-refractivity contribution in [3.8, 4) is 5.75 Å². The number of aliphatic carboxylic acids is 1. The van der Waals surface area contributed by atoms with Crippen molar-refractivity contribution in [2.24, 2.45) is 0 Å². The van der Waals surface area contributed by atoms with E-state index in [2.05, 4.69) is 4.90 Å². The van der Waals surface area contributed by atoms with Gasteiger partial charge in [-0.15, -0.1) is 0 Å². The van der Waals surface area contributed by atoms with Crippen molar-refractivity contribution < 1.29 is 23.4 Å². The molecule has 0 aliphatic carbocycles. The minimum atomic E-state index is -0.809. The number of hydrogen-bond donors (Lipinski definition) is 1. The van der Waals surface area contributed by atoms with Gasteiger partial charge in [0.15, 0.2) is 11.6 Å². The molecule has 1 heterocycles. The van der Waals surface area contributed by atoms with Crippen LogP contribution in [0.4, 0.5) is 8.78 Å². The monoisotopic (exact) mass is 285 g/mol. The highest BCUT2D eigenvalue weighted by molar-refractivity contribution is 5.66. The smallest absolute Gasteiger partial charge is 0.304 e. The van der Waals surface area contributed by atoms with E-state index in [9.17, 15) is 13.6 Å². The standard InChI is InChI=1S/C14H17F2NO3/c15-10-1-2-13(12(16)9-10)20-11-3-6-17(7-4-11)8-5-14(18)19/h1-2,9,11H,3-8H2,(H,18,19). The van der Waals surface area contributed by atoms with Crippen LogP contribution >= 0.6 is 0 Å². The fraction of sp³-hybridized carbons (Fsp3) is 0.500. The molecule has 0 radical (unpaired) electrons. The lowest BCUT2D eigenvalue weighted by molar-refractivity contribution is -0.137. The third kappa shape index (κ3) is 4.16. The maximum absolute atomic E-state index is 13.5. The Labute approximate surface area is 116 Å². The Bertz CT molecular complexity index is 473. The summed E-state index contributed by atoms with van der Waals surface area (Å²) < 4.78 is 31.8. The molecule has 1 aromatic rings. The van der Waals surface area contributed by atoms with Gasteiger partial charge in [-0.05, 0) is 25.0 Å². The summed E-state index contributed by atoms with van der Waals surface area (Å²) in [6.07, 6.45) is 1.42. The van der Waals surface area contributed by atoms with Gasteiger partial charge in [0.25, 0.3) is 0 Å². The van der Waals surface area contributed by atoms with E-state index in [0.717, 1.165) is 19.2 Å². The molecule has 1 aliphatic heterocycles. The van der Waals surface area contributed by atoms with Crippen molar-refractivity contribution >= 4 is 5.97 Å². The average molecular weight is 285 g/mol. The van der Waals surface area contributed by atoms with Gasteiger partial charge in [-0.25, -0.2) is 8.78 Å². The third-order valence-electron chi connectivity index (χ3n) is 3.36. The molecule has 4 nitrogen and oxygen atoms in total. The van der Waals surface area contributed by atoms with E-state index in [1.165, 1.54) is 12.1 Å². The number of piperidine rings is 1. The van der Waals surface area contributed by atoms with Gasteiger partial charge in [-0.1, -0.05) is 0 Å². The van der Waals surface area contributed by atoms with Crippen LogP contribution in [0.3, 0.4) is 0 Å². The predicted molar refractivity (Wildman–Crippen MR) is 68.7 cm³/mol. The lowest BCUT2D eigenvalue weighted by Gasteiger charge is -2.31. The van der Waals surface area contributed by atoms with E-state index in [1.54, 1.807) is 0 Å². The molecule has 2 rings (SSSR count). The summed E-state index contributed by atoms with van der Waals surface area (Å²) in [7, 11) is 0. The Kier molecular flexibility index (Phi) is 4.89.